The Kier molecular flexibility index (Phi) is 6.27. The summed E-state index contributed by atoms with van der Waals surface area (Å²) in [6.07, 6.45) is 4.31. The zero-order valence-corrected chi connectivity index (χ0v) is 18.0. The van der Waals surface area contributed by atoms with Gasteiger partial charge in [-0.05, 0) is 44.0 Å². The van der Waals surface area contributed by atoms with Crippen LogP contribution >= 0.6 is 0 Å². The van der Waals surface area contributed by atoms with Gasteiger partial charge in [0.1, 0.15) is 11.5 Å². The van der Waals surface area contributed by atoms with Gasteiger partial charge in [0.05, 0.1) is 17.9 Å². The Bertz CT molecular complexity index is 1130. The average Bonchev–Trinajstić information content (AvgIpc) is 3.00. The number of anilines is 1. The third-order valence-corrected chi connectivity index (χ3v) is 5.50. The normalized spacial score (nSPS) is 15.1. The van der Waals surface area contributed by atoms with Crippen LogP contribution in [-0.4, -0.2) is 58.0 Å². The van der Waals surface area contributed by atoms with Crippen LogP contribution in [0.1, 0.15) is 35.0 Å². The summed E-state index contributed by atoms with van der Waals surface area (Å²) in [6.45, 7) is 8.21. The third kappa shape index (κ3) is 4.74. The summed E-state index contributed by atoms with van der Waals surface area (Å²) in [5.41, 5.74) is 2.91. The molecule has 4 rings (SSSR count). The van der Waals surface area contributed by atoms with Crippen LogP contribution in [0, 0.1) is 6.92 Å². The molecule has 8 nitrogen and oxygen atoms in total. The van der Waals surface area contributed by atoms with Gasteiger partial charge >= 0.3 is 5.97 Å². The summed E-state index contributed by atoms with van der Waals surface area (Å²) in [7, 11) is 0. The number of rotatable bonds is 5. The topological polar surface area (TPSA) is 80.0 Å². The van der Waals surface area contributed by atoms with Crippen molar-refractivity contribution in [2.24, 2.45) is 0 Å². The summed E-state index contributed by atoms with van der Waals surface area (Å²) >= 11 is 0. The van der Waals surface area contributed by atoms with Gasteiger partial charge in [-0.15, -0.1) is 0 Å². The first kappa shape index (κ1) is 21.0. The van der Waals surface area contributed by atoms with Gasteiger partial charge in [-0.3, -0.25) is 14.1 Å². The van der Waals surface area contributed by atoms with E-state index < -0.39 is 0 Å². The van der Waals surface area contributed by atoms with Crippen LogP contribution in [0.5, 0.6) is 0 Å². The number of nitrogens with zero attached hydrogens (tertiary/aromatic N) is 5. The Hall–Kier alpha value is -3.26. The Labute approximate surface area is 181 Å². The molecular formula is C23H27N5O3. The van der Waals surface area contributed by atoms with E-state index in [0.29, 0.717) is 24.4 Å². The maximum absolute atomic E-state index is 12.5. The molecule has 0 aromatic carbocycles. The van der Waals surface area contributed by atoms with Crippen molar-refractivity contribution >= 4 is 17.4 Å². The van der Waals surface area contributed by atoms with Gasteiger partial charge in [-0.2, -0.15) is 0 Å². The first-order valence-corrected chi connectivity index (χ1v) is 10.6. The van der Waals surface area contributed by atoms with Crippen molar-refractivity contribution in [2.45, 2.75) is 26.8 Å². The molecule has 0 spiro atoms. The van der Waals surface area contributed by atoms with Crippen LogP contribution in [0.3, 0.4) is 0 Å². The van der Waals surface area contributed by atoms with Gasteiger partial charge in [0.2, 0.25) is 0 Å². The highest BCUT2D eigenvalue weighted by molar-refractivity contribution is 5.89. The monoisotopic (exact) mass is 421 g/mol. The summed E-state index contributed by atoms with van der Waals surface area (Å²) in [6, 6.07) is 9.09. The molecule has 0 unspecified atom stereocenters. The molecule has 1 aliphatic rings. The minimum atomic E-state index is -0.349. The smallest absolute Gasteiger partial charge is 0.339 e. The zero-order valence-electron chi connectivity index (χ0n) is 18.0. The first-order chi connectivity index (χ1) is 15.0. The number of esters is 1. The molecule has 162 valence electrons. The van der Waals surface area contributed by atoms with Crippen molar-refractivity contribution in [2.75, 3.05) is 37.7 Å². The van der Waals surface area contributed by atoms with Crippen molar-refractivity contribution in [3.63, 3.8) is 0 Å². The SMILES string of the molecule is CCOC(=O)c1ccc(N2CCCN(Cc3cc(=O)n4cccc(C)c4n3)CC2)nc1. The maximum atomic E-state index is 12.5. The van der Waals surface area contributed by atoms with Gasteiger partial charge in [-0.1, -0.05) is 6.07 Å². The number of aromatic nitrogens is 3. The molecule has 0 aliphatic carbocycles. The van der Waals surface area contributed by atoms with Gasteiger partial charge < -0.3 is 9.64 Å². The van der Waals surface area contributed by atoms with Gasteiger partial charge in [0, 0.05) is 51.2 Å². The molecule has 0 saturated carbocycles. The minimum absolute atomic E-state index is 0.0500. The Morgan fingerprint density at radius 1 is 1.16 bits per heavy atom. The number of aryl methyl sites for hydroxylation is 1. The molecule has 0 radical (unpaired) electrons. The predicted molar refractivity (Wildman–Crippen MR) is 118 cm³/mol. The quantitative estimate of drug-likeness (QED) is 0.585. The van der Waals surface area contributed by atoms with Crippen LogP contribution < -0.4 is 10.5 Å². The van der Waals surface area contributed by atoms with Gasteiger partial charge in [-0.25, -0.2) is 14.8 Å². The molecule has 3 aromatic rings. The zero-order chi connectivity index (χ0) is 21.8. The summed E-state index contributed by atoms with van der Waals surface area (Å²) in [5, 5.41) is 0. The molecule has 1 fully saturated rings. The summed E-state index contributed by atoms with van der Waals surface area (Å²) in [5.74, 6) is 0.505. The van der Waals surface area contributed by atoms with E-state index in [4.69, 9.17) is 9.72 Å². The highest BCUT2D eigenvalue weighted by Crippen LogP contribution is 2.16. The lowest BCUT2D eigenvalue weighted by Crippen LogP contribution is -2.31. The van der Waals surface area contributed by atoms with E-state index in [0.717, 1.165) is 49.7 Å². The Morgan fingerprint density at radius 3 is 2.81 bits per heavy atom. The van der Waals surface area contributed by atoms with Crippen LogP contribution in [0.2, 0.25) is 0 Å². The highest BCUT2D eigenvalue weighted by Gasteiger charge is 2.18. The second kappa shape index (κ2) is 9.26. The van der Waals surface area contributed by atoms with Crippen molar-refractivity contribution < 1.29 is 9.53 Å². The van der Waals surface area contributed by atoms with E-state index in [1.165, 1.54) is 0 Å². The number of hydrogen-bond acceptors (Lipinski definition) is 7. The van der Waals surface area contributed by atoms with Crippen LogP contribution in [-0.2, 0) is 11.3 Å². The molecule has 0 bridgehead atoms. The number of carbonyl (C=O) groups excluding carboxylic acids is 1. The molecule has 4 heterocycles. The lowest BCUT2D eigenvalue weighted by molar-refractivity contribution is 0.0526. The molecule has 1 saturated heterocycles. The number of fused-ring (bicyclic) bond motifs is 1. The summed E-state index contributed by atoms with van der Waals surface area (Å²) < 4.78 is 6.61. The number of pyridine rings is 2. The van der Waals surface area contributed by atoms with Crippen LogP contribution in [0.4, 0.5) is 5.82 Å². The van der Waals surface area contributed by atoms with Crippen molar-refractivity contribution in [1.29, 1.82) is 0 Å². The van der Waals surface area contributed by atoms with Gasteiger partial charge in [0.25, 0.3) is 5.56 Å². The van der Waals surface area contributed by atoms with Crippen molar-refractivity contribution in [3.8, 4) is 0 Å². The van der Waals surface area contributed by atoms with E-state index in [9.17, 15) is 9.59 Å². The molecule has 3 aromatic heterocycles. The van der Waals surface area contributed by atoms with Gasteiger partial charge in [0.15, 0.2) is 0 Å². The largest absolute Gasteiger partial charge is 0.462 e. The molecule has 0 amide bonds. The molecular weight excluding hydrogens is 394 g/mol. The highest BCUT2D eigenvalue weighted by atomic mass is 16.5. The minimum Gasteiger partial charge on any atom is -0.462 e. The Morgan fingerprint density at radius 2 is 2.03 bits per heavy atom. The van der Waals surface area contributed by atoms with Crippen LogP contribution in [0.15, 0.2) is 47.5 Å². The van der Waals surface area contributed by atoms with E-state index in [-0.39, 0.29) is 11.5 Å². The van der Waals surface area contributed by atoms with Crippen LogP contribution in [0.25, 0.3) is 5.65 Å². The second-order valence-electron chi connectivity index (χ2n) is 7.71. The molecule has 0 N–H and O–H groups in total. The molecule has 0 atom stereocenters. The van der Waals surface area contributed by atoms with E-state index in [1.54, 1.807) is 35.9 Å². The van der Waals surface area contributed by atoms with E-state index in [1.807, 2.05) is 25.1 Å². The first-order valence-electron chi connectivity index (χ1n) is 10.6. The lowest BCUT2D eigenvalue weighted by atomic mass is 10.2. The van der Waals surface area contributed by atoms with E-state index in [2.05, 4.69) is 14.8 Å². The fraction of sp³-hybridized carbons (Fsp3) is 0.391. The number of carbonyl (C=O) groups is 1. The number of ether oxygens (including phenoxy) is 1. The van der Waals surface area contributed by atoms with Crippen molar-refractivity contribution in [3.05, 3.63) is 69.9 Å². The van der Waals surface area contributed by atoms with E-state index >= 15 is 0 Å². The maximum Gasteiger partial charge on any atom is 0.339 e. The average molecular weight is 422 g/mol. The van der Waals surface area contributed by atoms with Crippen molar-refractivity contribution in [1.82, 2.24) is 19.3 Å². The molecule has 1 aliphatic heterocycles. The number of hydrogen-bond donors (Lipinski definition) is 0. The Balaban J connectivity index is 1.43. The predicted octanol–water partition coefficient (Wildman–Crippen LogP) is 2.29. The fourth-order valence-electron chi connectivity index (χ4n) is 3.89. The standard InChI is InChI=1S/C23H27N5O3/c1-3-31-23(30)18-7-8-20(24-15-18)27-10-5-9-26(12-13-27)16-19-14-21(29)28-11-4-6-17(2)22(28)25-19/h4,6-8,11,14-15H,3,5,9-10,12-13,16H2,1-2H3. The molecule has 8 heteroatoms. The molecule has 31 heavy (non-hydrogen) atoms. The lowest BCUT2D eigenvalue weighted by Gasteiger charge is -2.22. The summed E-state index contributed by atoms with van der Waals surface area (Å²) in [4.78, 5) is 38.0. The third-order valence-electron chi connectivity index (χ3n) is 5.50. The second-order valence-corrected chi connectivity index (χ2v) is 7.71. The fourth-order valence-corrected chi connectivity index (χ4v) is 3.89.